The number of carbonyl (C=O) groups excluding carboxylic acids is 3. The van der Waals surface area contributed by atoms with Crippen molar-refractivity contribution in [2.45, 2.75) is 39.2 Å². The largest absolute Gasteiger partial charge is 0.405 e. The predicted octanol–water partition coefficient (Wildman–Crippen LogP) is 0.834. The summed E-state index contributed by atoms with van der Waals surface area (Å²) in [6.07, 6.45) is 12.5. The first-order valence-electron chi connectivity index (χ1n) is 12.3. The first-order chi connectivity index (χ1) is 17.4. The van der Waals surface area contributed by atoms with Crippen LogP contribution in [-0.2, 0) is 28.6 Å². The van der Waals surface area contributed by atoms with E-state index >= 15 is 0 Å². The van der Waals surface area contributed by atoms with Crippen molar-refractivity contribution in [1.82, 2.24) is 15.6 Å². The van der Waals surface area contributed by atoms with Crippen LogP contribution in [0, 0.1) is 11.3 Å². The van der Waals surface area contributed by atoms with E-state index in [-0.39, 0.29) is 12.3 Å². The number of fused-ring (bicyclic) bond motifs is 1. The molecule has 1 aliphatic carbocycles. The Labute approximate surface area is 212 Å². The van der Waals surface area contributed by atoms with Crippen molar-refractivity contribution in [3.05, 3.63) is 36.2 Å². The normalized spacial score (nSPS) is 21.8. The van der Waals surface area contributed by atoms with E-state index in [1.165, 1.54) is 11.2 Å². The van der Waals surface area contributed by atoms with E-state index in [4.69, 9.17) is 19.9 Å². The summed E-state index contributed by atoms with van der Waals surface area (Å²) in [7, 11) is 0. The van der Waals surface area contributed by atoms with Gasteiger partial charge in [-0.05, 0) is 37.8 Å². The fourth-order valence-electron chi connectivity index (χ4n) is 3.92. The maximum Gasteiger partial charge on any atom is 0.251 e. The summed E-state index contributed by atoms with van der Waals surface area (Å²) in [5.41, 5.74) is 5.51. The molecule has 36 heavy (non-hydrogen) atoms. The maximum absolute atomic E-state index is 13.4. The van der Waals surface area contributed by atoms with E-state index in [2.05, 4.69) is 15.7 Å². The number of hydrogen-bond donors (Lipinski definition) is 3. The van der Waals surface area contributed by atoms with Crippen LogP contribution in [0.5, 0.6) is 0 Å². The zero-order valence-electron chi connectivity index (χ0n) is 21.2. The number of carbonyl (C=O) groups is 3. The monoisotopic (exact) mass is 505 g/mol. The van der Waals surface area contributed by atoms with Crippen LogP contribution >= 0.6 is 0 Å². The number of nitrogens with one attached hydrogen (secondary N) is 2. The van der Waals surface area contributed by atoms with Gasteiger partial charge in [0, 0.05) is 30.3 Å². The molecule has 0 bridgehead atoms. The molecule has 2 aliphatic rings. The first kappa shape index (κ1) is 29.2. The highest BCUT2D eigenvalue weighted by atomic mass is 16.5. The third-order valence-electron chi connectivity index (χ3n) is 5.87. The quantitative estimate of drug-likeness (QED) is 0.184. The third kappa shape index (κ3) is 9.21. The van der Waals surface area contributed by atoms with Crippen molar-refractivity contribution in [3.63, 3.8) is 0 Å². The van der Waals surface area contributed by atoms with Gasteiger partial charge in [0.15, 0.2) is 0 Å². The van der Waals surface area contributed by atoms with Gasteiger partial charge in [0.25, 0.3) is 5.91 Å². The number of nitrogens with two attached hydrogens (primary N) is 1. The van der Waals surface area contributed by atoms with E-state index in [1.807, 2.05) is 32.1 Å². The molecule has 11 heteroatoms. The number of imide groups is 1. The second-order valence-electron chi connectivity index (χ2n) is 8.71. The van der Waals surface area contributed by atoms with Crippen LogP contribution in [0.1, 0.15) is 33.1 Å². The Morgan fingerprint density at radius 2 is 1.97 bits per heavy atom. The molecule has 0 radical (unpaired) electrons. The van der Waals surface area contributed by atoms with E-state index < -0.39 is 23.3 Å². The molecule has 1 heterocycles. The van der Waals surface area contributed by atoms with Crippen molar-refractivity contribution in [2.24, 2.45) is 22.2 Å². The molecule has 200 valence electrons. The molecule has 3 amide bonds. The Bertz CT molecular complexity index is 843. The number of ether oxygens (including phenoxy) is 3. The lowest BCUT2D eigenvalue weighted by molar-refractivity contribution is -0.140. The van der Waals surface area contributed by atoms with Crippen molar-refractivity contribution < 1.29 is 28.6 Å². The lowest BCUT2D eigenvalue weighted by Crippen LogP contribution is -2.50. The van der Waals surface area contributed by atoms with Crippen LogP contribution in [-0.4, -0.2) is 81.7 Å². The average molecular weight is 506 g/mol. The van der Waals surface area contributed by atoms with Crippen LogP contribution in [0.2, 0.25) is 0 Å². The van der Waals surface area contributed by atoms with Gasteiger partial charge >= 0.3 is 0 Å². The lowest BCUT2D eigenvalue weighted by atomic mass is 9.73. The number of allylic oxidation sites excluding steroid dienone is 2. The zero-order chi connectivity index (χ0) is 26.2. The Morgan fingerprint density at radius 1 is 1.25 bits per heavy atom. The first-order valence-corrected chi connectivity index (χ1v) is 12.3. The minimum Gasteiger partial charge on any atom is -0.405 e. The topological polar surface area (TPSA) is 145 Å². The van der Waals surface area contributed by atoms with E-state index in [9.17, 15) is 14.4 Å². The van der Waals surface area contributed by atoms with Crippen molar-refractivity contribution >= 4 is 24.4 Å². The lowest BCUT2D eigenvalue weighted by Gasteiger charge is -2.40. The summed E-state index contributed by atoms with van der Waals surface area (Å²) in [5, 5.41) is 11.2. The van der Waals surface area contributed by atoms with E-state index in [1.54, 1.807) is 12.3 Å². The van der Waals surface area contributed by atoms with Crippen LogP contribution in [0.4, 0.5) is 0 Å². The number of rotatable bonds is 18. The van der Waals surface area contributed by atoms with Gasteiger partial charge in [-0.3, -0.25) is 19.7 Å². The second kappa shape index (κ2) is 15.9. The van der Waals surface area contributed by atoms with Crippen LogP contribution in [0.15, 0.2) is 41.3 Å². The number of amides is 3. The fraction of sp³-hybridized carbons (Fsp3) is 0.600. The minimum absolute atomic E-state index is 0.0173. The number of hydrogen-bond acceptors (Lipinski definition) is 9. The number of nitrogens with zero attached hydrogens (tertiary/aromatic N) is 2. The maximum atomic E-state index is 13.4. The van der Waals surface area contributed by atoms with E-state index in [0.717, 1.165) is 12.1 Å². The summed E-state index contributed by atoms with van der Waals surface area (Å²) in [6, 6.07) is -0.413. The third-order valence-corrected chi connectivity index (χ3v) is 5.87. The molecule has 0 aromatic heterocycles. The molecule has 0 saturated carbocycles. The van der Waals surface area contributed by atoms with Gasteiger partial charge in [0.1, 0.15) is 0 Å². The van der Waals surface area contributed by atoms with Gasteiger partial charge in [0.05, 0.1) is 51.6 Å². The predicted molar refractivity (Wildman–Crippen MR) is 135 cm³/mol. The average Bonchev–Trinajstić information content (AvgIpc) is 2.85. The molecular weight excluding hydrogens is 466 g/mol. The summed E-state index contributed by atoms with van der Waals surface area (Å²) in [6.45, 7) is 7.41. The highest BCUT2D eigenvalue weighted by molar-refractivity contribution is 5.92. The standard InChI is InChI=1S/C25H39N5O6/c1-3-5-21(17-23(32)28-19-31)30-24(33)22-16-20(6-7-25(22,2)18-29-30)27-9-11-35-13-15-36-14-12-34-10-4-8-26/h4,6-8,16,18-19,21-22,27H,3,5,9-15,17,26H2,1-2H3,(H,28,31,32)/b8-4+. The molecule has 4 N–H and O–H groups in total. The van der Waals surface area contributed by atoms with Gasteiger partial charge in [-0.1, -0.05) is 19.4 Å². The van der Waals surface area contributed by atoms with Crippen molar-refractivity contribution in [3.8, 4) is 0 Å². The molecule has 0 saturated heterocycles. The molecule has 2 rings (SSSR count). The summed E-state index contributed by atoms with van der Waals surface area (Å²) >= 11 is 0. The Kier molecular flexibility index (Phi) is 12.9. The summed E-state index contributed by atoms with van der Waals surface area (Å²) in [4.78, 5) is 36.0. The molecule has 0 fully saturated rings. The fourth-order valence-corrected chi connectivity index (χ4v) is 3.92. The molecule has 3 unspecified atom stereocenters. The van der Waals surface area contributed by atoms with Crippen LogP contribution < -0.4 is 16.4 Å². The Hall–Kier alpha value is -3.02. The second-order valence-corrected chi connectivity index (χ2v) is 8.71. The van der Waals surface area contributed by atoms with Gasteiger partial charge in [-0.2, -0.15) is 5.10 Å². The Morgan fingerprint density at radius 3 is 2.67 bits per heavy atom. The van der Waals surface area contributed by atoms with Gasteiger partial charge in [-0.15, -0.1) is 0 Å². The molecule has 11 nitrogen and oxygen atoms in total. The van der Waals surface area contributed by atoms with Gasteiger partial charge < -0.3 is 25.3 Å². The molecular formula is C25H39N5O6. The van der Waals surface area contributed by atoms with Gasteiger partial charge in [-0.25, -0.2) is 5.01 Å². The van der Waals surface area contributed by atoms with Crippen molar-refractivity contribution in [1.29, 1.82) is 0 Å². The molecule has 0 aromatic rings. The van der Waals surface area contributed by atoms with Crippen LogP contribution in [0.25, 0.3) is 0 Å². The van der Waals surface area contributed by atoms with Crippen LogP contribution in [0.3, 0.4) is 0 Å². The van der Waals surface area contributed by atoms with Gasteiger partial charge in [0.2, 0.25) is 12.3 Å². The van der Waals surface area contributed by atoms with Crippen molar-refractivity contribution in [2.75, 3.05) is 46.2 Å². The molecule has 3 atom stereocenters. The number of hydrazone groups is 1. The highest BCUT2D eigenvalue weighted by Crippen LogP contribution is 2.38. The zero-order valence-corrected chi connectivity index (χ0v) is 21.2. The van der Waals surface area contributed by atoms with E-state index in [0.29, 0.717) is 59.0 Å². The SMILES string of the molecule is CCCC(CC(=O)NC=O)N1N=CC2(C)C=CC(NCCOCCOCCOC/C=C/N)=CC2C1=O. The molecule has 0 spiro atoms. The smallest absolute Gasteiger partial charge is 0.251 e. The molecule has 1 aliphatic heterocycles. The highest BCUT2D eigenvalue weighted by Gasteiger charge is 2.44. The summed E-state index contributed by atoms with van der Waals surface area (Å²) in [5.74, 6) is -1.05. The Balaban J connectivity index is 1.80. The summed E-state index contributed by atoms with van der Waals surface area (Å²) < 4.78 is 16.3. The minimum atomic E-state index is -0.543. The molecule has 0 aromatic carbocycles.